The highest BCUT2D eigenvalue weighted by Gasteiger charge is 2.13. The molecule has 0 heterocycles. The molecule has 0 fully saturated rings. The van der Waals surface area contributed by atoms with E-state index in [9.17, 15) is 4.79 Å². The van der Waals surface area contributed by atoms with Gasteiger partial charge in [-0.15, -0.1) is 24.0 Å². The first-order valence-corrected chi connectivity index (χ1v) is 10.7. The Morgan fingerprint density at radius 3 is 2.18 bits per heavy atom. The minimum atomic E-state index is -0.0586. The molecule has 0 aliphatic rings. The van der Waals surface area contributed by atoms with Crippen LogP contribution in [0.2, 0.25) is 0 Å². The average Bonchev–Trinajstić information content (AvgIpc) is 2.83. The Balaban J connectivity index is 0.00000544. The van der Waals surface area contributed by atoms with Crippen LogP contribution >= 0.6 is 24.0 Å². The van der Waals surface area contributed by atoms with E-state index < -0.39 is 0 Å². The fourth-order valence-corrected chi connectivity index (χ4v) is 3.09. The number of ether oxygens (including phenoxy) is 3. The van der Waals surface area contributed by atoms with Crippen LogP contribution in [0.25, 0.3) is 0 Å². The number of carbonyl (C=O) groups excluding carboxylic acids is 1. The normalized spacial score (nSPS) is 10.6. The third-order valence-electron chi connectivity index (χ3n) is 4.67. The summed E-state index contributed by atoms with van der Waals surface area (Å²) in [6.07, 6.45) is 0.904. The number of guanidine groups is 1. The minimum Gasteiger partial charge on any atom is -0.493 e. The number of carbonyl (C=O) groups is 1. The number of aliphatic imine (C=N–C) groups is 1. The molecule has 2 aromatic carbocycles. The van der Waals surface area contributed by atoms with Gasteiger partial charge in [-0.1, -0.05) is 19.1 Å². The van der Waals surface area contributed by atoms with Crippen molar-refractivity contribution < 1.29 is 19.0 Å². The van der Waals surface area contributed by atoms with Crippen LogP contribution < -0.4 is 30.2 Å². The van der Waals surface area contributed by atoms with Crippen molar-refractivity contribution in [3.8, 4) is 17.2 Å². The van der Waals surface area contributed by atoms with Crippen molar-refractivity contribution in [2.24, 2.45) is 4.99 Å². The highest BCUT2D eigenvalue weighted by molar-refractivity contribution is 14.0. The maximum absolute atomic E-state index is 12.2. The molecule has 0 spiro atoms. The van der Waals surface area contributed by atoms with Crippen molar-refractivity contribution in [2.45, 2.75) is 33.4 Å². The van der Waals surface area contributed by atoms with E-state index in [2.05, 4.69) is 20.9 Å². The van der Waals surface area contributed by atoms with Crippen LogP contribution in [0, 0.1) is 0 Å². The lowest BCUT2D eigenvalue weighted by atomic mass is 10.1. The van der Waals surface area contributed by atoms with E-state index in [1.54, 1.807) is 21.3 Å². The summed E-state index contributed by atoms with van der Waals surface area (Å²) in [6.45, 7) is 6.39. The van der Waals surface area contributed by atoms with Crippen molar-refractivity contribution in [3.05, 3.63) is 53.1 Å². The molecule has 0 saturated carbocycles. The average molecular weight is 570 g/mol. The van der Waals surface area contributed by atoms with Crippen molar-refractivity contribution in [2.75, 3.05) is 34.4 Å². The largest absolute Gasteiger partial charge is 0.493 e. The molecule has 0 atom stereocenters. The van der Waals surface area contributed by atoms with Crippen molar-refractivity contribution in [1.29, 1.82) is 0 Å². The Bertz CT molecular complexity index is 896. The molecular formula is C24H35IN4O4. The quantitative estimate of drug-likeness (QED) is 0.217. The number of nitrogens with one attached hydrogen (secondary N) is 3. The van der Waals surface area contributed by atoms with Gasteiger partial charge >= 0.3 is 0 Å². The molecule has 0 aromatic heterocycles. The zero-order valence-electron chi connectivity index (χ0n) is 20.0. The monoisotopic (exact) mass is 570 g/mol. The summed E-state index contributed by atoms with van der Waals surface area (Å²) < 4.78 is 16.2. The third kappa shape index (κ3) is 8.64. The number of methoxy groups -OCH3 is 3. The van der Waals surface area contributed by atoms with Crippen molar-refractivity contribution >= 4 is 35.8 Å². The number of halogens is 1. The Labute approximate surface area is 213 Å². The minimum absolute atomic E-state index is 0. The van der Waals surface area contributed by atoms with Gasteiger partial charge in [0.2, 0.25) is 5.75 Å². The summed E-state index contributed by atoms with van der Waals surface area (Å²) in [5.74, 6) is 2.34. The number of nitrogens with zero attached hydrogens (tertiary/aromatic N) is 1. The molecular weight excluding hydrogens is 535 g/mol. The lowest BCUT2D eigenvalue weighted by Gasteiger charge is -2.14. The van der Waals surface area contributed by atoms with Gasteiger partial charge in [-0.3, -0.25) is 4.79 Å². The second-order valence-corrected chi connectivity index (χ2v) is 7.04. The highest BCUT2D eigenvalue weighted by Crippen LogP contribution is 2.38. The van der Waals surface area contributed by atoms with Gasteiger partial charge in [0.25, 0.3) is 5.91 Å². The van der Waals surface area contributed by atoms with Crippen LogP contribution in [0.3, 0.4) is 0 Å². The van der Waals surface area contributed by atoms with Crippen LogP contribution in [-0.4, -0.2) is 46.3 Å². The molecule has 1 amide bonds. The molecule has 8 nitrogen and oxygen atoms in total. The Morgan fingerprint density at radius 2 is 1.61 bits per heavy atom. The summed E-state index contributed by atoms with van der Waals surface area (Å²) >= 11 is 0. The molecule has 2 aromatic rings. The smallest absolute Gasteiger partial charge is 0.251 e. The lowest BCUT2D eigenvalue weighted by molar-refractivity contribution is 0.0953. The second-order valence-electron chi connectivity index (χ2n) is 7.04. The molecule has 9 heteroatoms. The second kappa shape index (κ2) is 15.2. The van der Waals surface area contributed by atoms with Crippen LogP contribution in [0.1, 0.15) is 41.8 Å². The summed E-state index contributed by atoms with van der Waals surface area (Å²) in [6, 6.07) is 11.3. The third-order valence-corrected chi connectivity index (χ3v) is 4.67. The SMILES string of the molecule is CCCNC(=O)c1cccc(CNC(=NCc2cc(OC)c(OC)c(OC)c2)NCC)c1.I. The van der Waals surface area contributed by atoms with E-state index in [1.165, 1.54) is 0 Å². The lowest BCUT2D eigenvalue weighted by Crippen LogP contribution is -2.36. The summed E-state index contributed by atoms with van der Waals surface area (Å²) in [5.41, 5.74) is 2.57. The molecule has 3 N–H and O–H groups in total. The van der Waals surface area contributed by atoms with E-state index in [4.69, 9.17) is 14.2 Å². The molecule has 0 aliphatic heterocycles. The van der Waals surface area contributed by atoms with E-state index in [0.29, 0.717) is 48.4 Å². The molecule has 33 heavy (non-hydrogen) atoms. The van der Waals surface area contributed by atoms with Gasteiger partial charge in [-0.2, -0.15) is 0 Å². The first-order chi connectivity index (χ1) is 15.6. The summed E-state index contributed by atoms with van der Waals surface area (Å²) in [5, 5.41) is 9.46. The van der Waals surface area contributed by atoms with Crippen LogP contribution in [-0.2, 0) is 13.1 Å². The van der Waals surface area contributed by atoms with E-state index in [-0.39, 0.29) is 29.9 Å². The summed E-state index contributed by atoms with van der Waals surface area (Å²) in [4.78, 5) is 16.9. The van der Waals surface area contributed by atoms with E-state index in [1.807, 2.05) is 50.2 Å². The van der Waals surface area contributed by atoms with E-state index >= 15 is 0 Å². The van der Waals surface area contributed by atoms with Crippen molar-refractivity contribution in [3.63, 3.8) is 0 Å². The standard InChI is InChI=1S/C24H34N4O4.HI/c1-6-11-26-23(29)19-10-8-9-17(12-19)15-27-24(25-7-2)28-16-18-13-20(30-3)22(32-5)21(14-18)31-4;/h8-10,12-14H,6-7,11,15-16H2,1-5H3,(H,26,29)(H2,25,27,28);1H. The topological polar surface area (TPSA) is 93.2 Å². The van der Waals surface area contributed by atoms with Gasteiger partial charge in [0.15, 0.2) is 17.5 Å². The predicted octanol–water partition coefficient (Wildman–Crippen LogP) is 3.73. The maximum atomic E-state index is 12.2. The van der Waals surface area contributed by atoms with Gasteiger partial charge in [0, 0.05) is 25.2 Å². The van der Waals surface area contributed by atoms with Gasteiger partial charge in [-0.25, -0.2) is 4.99 Å². The molecule has 0 bridgehead atoms. The van der Waals surface area contributed by atoms with Gasteiger partial charge < -0.3 is 30.2 Å². The molecule has 0 radical (unpaired) electrons. The number of hydrogen-bond donors (Lipinski definition) is 3. The van der Waals surface area contributed by atoms with Gasteiger partial charge in [-0.05, 0) is 48.7 Å². The van der Waals surface area contributed by atoms with E-state index in [0.717, 1.165) is 24.1 Å². The predicted molar refractivity (Wildman–Crippen MR) is 142 cm³/mol. The summed E-state index contributed by atoms with van der Waals surface area (Å²) in [7, 11) is 4.76. The fourth-order valence-electron chi connectivity index (χ4n) is 3.09. The molecule has 0 aliphatic carbocycles. The van der Waals surface area contributed by atoms with Crippen LogP contribution in [0.4, 0.5) is 0 Å². The first kappa shape index (κ1) is 28.3. The first-order valence-electron chi connectivity index (χ1n) is 10.7. The van der Waals surface area contributed by atoms with Gasteiger partial charge in [0.1, 0.15) is 0 Å². The fraction of sp³-hybridized carbons (Fsp3) is 0.417. The molecule has 0 saturated heterocycles. The van der Waals surface area contributed by atoms with Crippen molar-refractivity contribution in [1.82, 2.24) is 16.0 Å². The zero-order chi connectivity index (χ0) is 23.3. The number of amides is 1. The zero-order valence-corrected chi connectivity index (χ0v) is 22.3. The maximum Gasteiger partial charge on any atom is 0.251 e. The highest BCUT2D eigenvalue weighted by atomic mass is 127. The molecule has 182 valence electrons. The number of hydrogen-bond acceptors (Lipinski definition) is 5. The van der Waals surface area contributed by atoms with Gasteiger partial charge in [0.05, 0.1) is 27.9 Å². The number of benzene rings is 2. The molecule has 0 unspecified atom stereocenters. The Hall–Kier alpha value is -2.69. The Kier molecular flexibility index (Phi) is 13.1. The van der Waals surface area contributed by atoms with Crippen LogP contribution in [0.15, 0.2) is 41.4 Å². The van der Waals surface area contributed by atoms with Crippen LogP contribution in [0.5, 0.6) is 17.2 Å². The number of rotatable bonds is 11. The Morgan fingerprint density at radius 1 is 0.909 bits per heavy atom. The molecule has 2 rings (SSSR count).